The van der Waals surface area contributed by atoms with Crippen molar-refractivity contribution in [2.75, 3.05) is 20.3 Å². The van der Waals surface area contributed by atoms with Gasteiger partial charge in [0, 0.05) is 43.2 Å². The molecule has 4 heterocycles. The Morgan fingerprint density at radius 1 is 1.31 bits per heavy atom. The van der Waals surface area contributed by atoms with Crippen molar-refractivity contribution in [2.24, 2.45) is 0 Å². The number of halogens is 2. The van der Waals surface area contributed by atoms with Crippen molar-refractivity contribution >= 4 is 11.7 Å². The van der Waals surface area contributed by atoms with Crippen LogP contribution < -0.4 is 14.8 Å². The summed E-state index contributed by atoms with van der Waals surface area (Å²) in [5.41, 5.74) is 1.94. The van der Waals surface area contributed by atoms with E-state index in [-0.39, 0.29) is 18.0 Å². The van der Waals surface area contributed by atoms with Crippen LogP contribution in [-0.4, -0.2) is 62.5 Å². The van der Waals surface area contributed by atoms with Gasteiger partial charge in [-0.1, -0.05) is 12.2 Å². The Morgan fingerprint density at radius 3 is 2.86 bits per heavy atom. The lowest BCUT2D eigenvalue weighted by Gasteiger charge is -2.29. The van der Waals surface area contributed by atoms with Gasteiger partial charge in [-0.15, -0.1) is 0 Å². The summed E-state index contributed by atoms with van der Waals surface area (Å²) in [7, 11) is 1.51. The Bertz CT molecular complexity index is 1250. The number of amides is 2. The largest absolute Gasteiger partial charge is 0.494 e. The van der Waals surface area contributed by atoms with Crippen molar-refractivity contribution in [3.63, 3.8) is 0 Å². The van der Waals surface area contributed by atoms with Gasteiger partial charge in [0.2, 0.25) is 5.65 Å². The van der Waals surface area contributed by atoms with Gasteiger partial charge in [0.15, 0.2) is 6.61 Å². The van der Waals surface area contributed by atoms with E-state index in [1.54, 1.807) is 40.9 Å². The van der Waals surface area contributed by atoms with E-state index in [0.717, 1.165) is 0 Å². The molecule has 2 atom stereocenters. The number of carbonyl (C=O) groups is 1. The van der Waals surface area contributed by atoms with Crippen LogP contribution in [0.15, 0.2) is 43.0 Å². The van der Waals surface area contributed by atoms with Crippen LogP contribution in [-0.2, 0) is 0 Å². The molecule has 0 radical (unpaired) electrons. The predicted molar refractivity (Wildman–Crippen MR) is 126 cm³/mol. The number of allylic oxidation sites excluding steroid dienone is 1. The minimum absolute atomic E-state index is 0.0191. The Labute approximate surface area is 201 Å². The first-order chi connectivity index (χ1) is 16.7. The lowest BCUT2D eigenvalue weighted by Crippen LogP contribution is -2.44. The number of methoxy groups -OCH3 is 1. The predicted octanol–water partition coefficient (Wildman–Crippen LogP) is 4.25. The fourth-order valence-corrected chi connectivity index (χ4v) is 3.94. The number of imidazole rings is 1. The Kier molecular flexibility index (Phi) is 6.86. The second kappa shape index (κ2) is 9.85. The summed E-state index contributed by atoms with van der Waals surface area (Å²) < 4.78 is 41.8. The number of pyridine rings is 1. The van der Waals surface area contributed by atoms with Crippen LogP contribution >= 0.6 is 0 Å². The zero-order chi connectivity index (χ0) is 25.2. The van der Waals surface area contributed by atoms with E-state index in [0.29, 0.717) is 34.9 Å². The van der Waals surface area contributed by atoms with E-state index in [9.17, 15) is 13.6 Å². The molecule has 0 aliphatic carbocycles. The SMILES string of the molecule is CCN1C(=O)NC(C)/C=C/CC(F)(F)COc2nc(cn3ccnc23)-c2cc(ncc2OC)[C@H]1C. The maximum Gasteiger partial charge on any atom is 0.318 e. The van der Waals surface area contributed by atoms with E-state index >= 15 is 0 Å². The highest BCUT2D eigenvalue weighted by Crippen LogP contribution is 2.33. The summed E-state index contributed by atoms with van der Waals surface area (Å²) in [6.07, 6.45) is 8.82. The van der Waals surface area contributed by atoms with Gasteiger partial charge < -0.3 is 24.1 Å². The number of nitrogens with zero attached hydrogens (tertiary/aromatic N) is 5. The number of carbonyl (C=O) groups excluding carboxylic acids is 1. The molecule has 4 bridgehead atoms. The second-order valence-corrected chi connectivity index (χ2v) is 8.38. The Balaban J connectivity index is 1.87. The topological polar surface area (TPSA) is 93.9 Å². The Morgan fingerprint density at radius 2 is 2.11 bits per heavy atom. The third-order valence-electron chi connectivity index (χ3n) is 5.84. The lowest BCUT2D eigenvalue weighted by molar-refractivity contribution is -0.0386. The molecule has 4 rings (SSSR count). The molecule has 186 valence electrons. The number of ether oxygens (including phenoxy) is 2. The summed E-state index contributed by atoms with van der Waals surface area (Å²) >= 11 is 0. The number of urea groups is 1. The van der Waals surface area contributed by atoms with Gasteiger partial charge in [-0.25, -0.2) is 23.5 Å². The van der Waals surface area contributed by atoms with Crippen molar-refractivity contribution in [2.45, 2.75) is 45.2 Å². The smallest absolute Gasteiger partial charge is 0.318 e. The zero-order valence-electron chi connectivity index (χ0n) is 20.0. The molecule has 0 aromatic carbocycles. The van der Waals surface area contributed by atoms with Gasteiger partial charge in [0.25, 0.3) is 11.8 Å². The first-order valence-electron chi connectivity index (χ1n) is 11.3. The van der Waals surface area contributed by atoms with Crippen LogP contribution in [0.5, 0.6) is 11.6 Å². The number of nitrogens with one attached hydrogen (secondary N) is 1. The molecule has 0 spiro atoms. The van der Waals surface area contributed by atoms with Crippen LogP contribution in [0.2, 0.25) is 0 Å². The van der Waals surface area contributed by atoms with Crippen molar-refractivity contribution in [3.8, 4) is 22.9 Å². The average Bonchev–Trinajstić information content (AvgIpc) is 3.30. The molecule has 0 saturated heterocycles. The van der Waals surface area contributed by atoms with Crippen LogP contribution in [0.3, 0.4) is 0 Å². The van der Waals surface area contributed by atoms with E-state index in [1.807, 2.05) is 13.8 Å². The molecule has 2 amide bonds. The second-order valence-electron chi connectivity index (χ2n) is 8.38. The lowest BCUT2D eigenvalue weighted by atomic mass is 10.1. The van der Waals surface area contributed by atoms with E-state index < -0.39 is 25.0 Å². The van der Waals surface area contributed by atoms with Gasteiger partial charge in [0.05, 0.1) is 30.7 Å². The highest BCUT2D eigenvalue weighted by molar-refractivity contribution is 5.75. The molecule has 1 aliphatic heterocycles. The van der Waals surface area contributed by atoms with Crippen molar-refractivity contribution in [1.82, 2.24) is 29.6 Å². The monoisotopic (exact) mass is 486 g/mol. The molecular formula is C24H28F2N6O3. The molecule has 1 unspecified atom stereocenters. The summed E-state index contributed by atoms with van der Waals surface area (Å²) in [5.74, 6) is -2.73. The fourth-order valence-electron chi connectivity index (χ4n) is 3.94. The molecule has 0 saturated carbocycles. The summed E-state index contributed by atoms with van der Waals surface area (Å²) in [5, 5.41) is 2.83. The quantitative estimate of drug-likeness (QED) is 0.544. The van der Waals surface area contributed by atoms with Crippen LogP contribution in [0.1, 0.15) is 38.9 Å². The first kappa shape index (κ1) is 24.4. The zero-order valence-corrected chi connectivity index (χ0v) is 20.0. The molecule has 1 N–H and O–H groups in total. The maximum atomic E-state index is 14.6. The molecule has 9 nitrogen and oxygen atoms in total. The molecular weight excluding hydrogens is 458 g/mol. The third kappa shape index (κ3) is 5.18. The van der Waals surface area contributed by atoms with Gasteiger partial charge in [0.1, 0.15) is 5.75 Å². The first-order valence-corrected chi connectivity index (χ1v) is 11.3. The molecule has 3 aromatic heterocycles. The molecule has 35 heavy (non-hydrogen) atoms. The molecule has 0 fully saturated rings. The van der Waals surface area contributed by atoms with Gasteiger partial charge in [-0.05, 0) is 26.8 Å². The molecule has 3 aromatic rings. The summed E-state index contributed by atoms with van der Waals surface area (Å²) in [6, 6.07) is 0.630. The van der Waals surface area contributed by atoms with E-state index in [4.69, 9.17) is 9.47 Å². The van der Waals surface area contributed by atoms with Gasteiger partial charge >= 0.3 is 6.03 Å². The highest BCUT2D eigenvalue weighted by Gasteiger charge is 2.30. The third-order valence-corrected chi connectivity index (χ3v) is 5.84. The van der Waals surface area contributed by atoms with Crippen molar-refractivity contribution < 1.29 is 23.0 Å². The Hall–Kier alpha value is -3.76. The summed E-state index contributed by atoms with van der Waals surface area (Å²) in [4.78, 5) is 27.8. The molecule has 11 heteroatoms. The maximum absolute atomic E-state index is 14.6. The normalized spacial score (nSPS) is 21.7. The van der Waals surface area contributed by atoms with E-state index in [1.165, 1.54) is 25.5 Å². The number of hydrogen-bond donors (Lipinski definition) is 1. The molecule has 1 aliphatic rings. The standard InChI is InChI=1S/C24H28F2N6O3/c1-5-32-16(3)18-11-17(20(34-4)12-28-18)19-13-31-10-9-27-21(31)22(30-19)35-14-24(25,26)8-6-7-15(2)29-23(32)33/h6-7,9-13,15-16H,5,8,14H2,1-4H3,(H,29,33)/b7-6+/t15?,16-/m1/s1. The van der Waals surface area contributed by atoms with Crippen molar-refractivity contribution in [3.05, 3.63) is 48.7 Å². The van der Waals surface area contributed by atoms with Crippen LogP contribution in [0, 0.1) is 0 Å². The van der Waals surface area contributed by atoms with Gasteiger partial charge in [-0.2, -0.15) is 0 Å². The van der Waals surface area contributed by atoms with Crippen LogP contribution in [0.4, 0.5) is 13.6 Å². The average molecular weight is 487 g/mol. The van der Waals surface area contributed by atoms with Crippen molar-refractivity contribution in [1.29, 1.82) is 0 Å². The van der Waals surface area contributed by atoms with E-state index in [2.05, 4.69) is 20.3 Å². The summed E-state index contributed by atoms with van der Waals surface area (Å²) in [6.45, 7) is 5.00. The fraction of sp³-hybridized carbons (Fsp3) is 0.417. The number of fused-ring (bicyclic) bond motifs is 7. The number of hydrogen-bond acceptors (Lipinski definition) is 6. The number of aromatic nitrogens is 4. The number of rotatable bonds is 2. The highest BCUT2D eigenvalue weighted by atomic mass is 19.3. The minimum atomic E-state index is -3.15. The van der Waals surface area contributed by atoms with Gasteiger partial charge in [-0.3, -0.25) is 4.98 Å². The van der Waals surface area contributed by atoms with Crippen LogP contribution in [0.25, 0.3) is 16.9 Å². The number of alkyl halides is 2. The minimum Gasteiger partial charge on any atom is -0.494 e.